The number of rotatable bonds is 10. The first-order chi connectivity index (χ1) is 21.7. The molecule has 0 aliphatic heterocycles. The average Bonchev–Trinajstić information content (AvgIpc) is 3.05. The normalized spacial score (nSPS) is 10.7. The zero-order valence-electron chi connectivity index (χ0n) is 25.8. The number of halogens is 1. The number of thiocarbonyl (C=S) groups is 3. The first kappa shape index (κ1) is 42.3. The standard InChI is InChI=1S/C14H10S4.C13H16O3S2.C6H11BrO3/c15-13(11-7-3-1-4-8-11)17-18-14(16)12-9-5-2-6-10-12;1-13(2,12(15)16-9-8-14)18-11(17)10-6-4-3-5-7-10;1-6(2,7)5(9)10-4-3-8/h1-10H;3-7,14H,8-9H2,1-2H3;8H,3-4H2,1-2H3. The van der Waals surface area contributed by atoms with Crippen molar-refractivity contribution in [3.63, 3.8) is 0 Å². The van der Waals surface area contributed by atoms with E-state index in [2.05, 4.69) is 20.7 Å². The Hall–Kier alpha value is -1.68. The Kier molecular flexibility index (Phi) is 21.0. The molecule has 3 rings (SSSR count). The van der Waals surface area contributed by atoms with Crippen LogP contribution < -0.4 is 0 Å². The van der Waals surface area contributed by atoms with Crippen LogP contribution in [0.4, 0.5) is 0 Å². The fraction of sp³-hybridized carbons (Fsp3) is 0.303. The summed E-state index contributed by atoms with van der Waals surface area (Å²) in [6, 6.07) is 29.5. The molecule has 0 heterocycles. The maximum Gasteiger partial charge on any atom is 0.322 e. The monoisotopic (exact) mass is 800 g/mol. The first-order valence-electron chi connectivity index (χ1n) is 13.8. The van der Waals surface area contributed by atoms with Crippen LogP contribution in [-0.2, 0) is 19.1 Å². The summed E-state index contributed by atoms with van der Waals surface area (Å²) in [5, 5.41) is 16.9. The van der Waals surface area contributed by atoms with Gasteiger partial charge in [-0.25, -0.2) is 0 Å². The van der Waals surface area contributed by atoms with Crippen LogP contribution in [0.1, 0.15) is 44.4 Å². The van der Waals surface area contributed by atoms with Crippen molar-refractivity contribution in [2.75, 3.05) is 26.4 Å². The first-order valence-corrected chi connectivity index (χ1v) is 18.8. The summed E-state index contributed by atoms with van der Waals surface area (Å²) >= 11 is 20.5. The predicted molar refractivity (Wildman–Crippen MR) is 210 cm³/mol. The lowest BCUT2D eigenvalue weighted by molar-refractivity contribution is -0.147. The molecule has 248 valence electrons. The van der Waals surface area contributed by atoms with Crippen molar-refractivity contribution in [2.45, 2.75) is 36.8 Å². The van der Waals surface area contributed by atoms with Crippen molar-refractivity contribution < 1.29 is 29.3 Å². The zero-order valence-corrected chi connectivity index (χ0v) is 32.3. The number of aliphatic hydroxyl groups excluding tert-OH is 2. The molecule has 0 aromatic heterocycles. The minimum atomic E-state index is -0.762. The molecule has 46 heavy (non-hydrogen) atoms. The van der Waals surface area contributed by atoms with Crippen LogP contribution in [0.2, 0.25) is 0 Å². The van der Waals surface area contributed by atoms with E-state index in [1.807, 2.05) is 91.0 Å². The van der Waals surface area contributed by atoms with Gasteiger partial charge in [-0.05, 0) is 66.0 Å². The number of aliphatic hydroxyl groups is 2. The highest BCUT2D eigenvalue weighted by Crippen LogP contribution is 2.31. The second-order valence-electron chi connectivity index (χ2n) is 9.93. The Labute approximate surface area is 308 Å². The maximum absolute atomic E-state index is 11.8. The van der Waals surface area contributed by atoms with E-state index in [0.717, 1.165) is 25.1 Å². The molecule has 0 radical (unpaired) electrons. The summed E-state index contributed by atoms with van der Waals surface area (Å²) in [6.07, 6.45) is 0. The van der Waals surface area contributed by atoms with E-state index in [1.54, 1.807) is 27.7 Å². The molecule has 3 aromatic carbocycles. The van der Waals surface area contributed by atoms with Gasteiger partial charge in [-0.15, -0.1) is 0 Å². The number of carbonyl (C=O) groups excluding carboxylic acids is 2. The summed E-state index contributed by atoms with van der Waals surface area (Å²) in [7, 11) is 3.08. The van der Waals surface area contributed by atoms with Crippen molar-refractivity contribution in [2.24, 2.45) is 0 Å². The van der Waals surface area contributed by atoms with Gasteiger partial charge in [0, 0.05) is 0 Å². The minimum Gasteiger partial charge on any atom is -0.462 e. The van der Waals surface area contributed by atoms with E-state index in [-0.39, 0.29) is 38.4 Å². The third kappa shape index (κ3) is 17.5. The second kappa shape index (κ2) is 22.8. The number of hydrogen-bond acceptors (Lipinski definition) is 12. The molecular formula is C33H37BrO6S6. The van der Waals surface area contributed by atoms with Crippen LogP contribution in [0, 0.1) is 0 Å². The largest absolute Gasteiger partial charge is 0.462 e. The Morgan fingerprint density at radius 3 is 1.28 bits per heavy atom. The van der Waals surface area contributed by atoms with E-state index in [1.165, 1.54) is 33.3 Å². The number of carbonyl (C=O) groups is 2. The Bertz CT molecular complexity index is 1330. The highest BCUT2D eigenvalue weighted by molar-refractivity contribution is 9.10. The van der Waals surface area contributed by atoms with Gasteiger partial charge < -0.3 is 19.7 Å². The zero-order chi connectivity index (χ0) is 34.6. The molecule has 6 nitrogen and oxygen atoms in total. The van der Waals surface area contributed by atoms with Crippen LogP contribution >= 0.6 is 85.9 Å². The highest BCUT2D eigenvalue weighted by Gasteiger charge is 2.32. The molecule has 0 bridgehead atoms. The van der Waals surface area contributed by atoms with Gasteiger partial charge >= 0.3 is 11.9 Å². The van der Waals surface area contributed by atoms with E-state index < -0.39 is 9.07 Å². The van der Waals surface area contributed by atoms with Gasteiger partial charge in [0.15, 0.2) is 0 Å². The van der Waals surface area contributed by atoms with E-state index in [4.69, 9.17) is 51.6 Å². The summed E-state index contributed by atoms with van der Waals surface area (Å²) in [4.78, 5) is 22.6. The number of hydrogen-bond donors (Lipinski definition) is 2. The van der Waals surface area contributed by atoms with Gasteiger partial charge in [0.2, 0.25) is 0 Å². The topological polar surface area (TPSA) is 93.1 Å². The predicted octanol–water partition coefficient (Wildman–Crippen LogP) is 8.22. The molecule has 0 spiro atoms. The van der Waals surface area contributed by atoms with Gasteiger partial charge in [0.1, 0.15) is 22.3 Å². The van der Waals surface area contributed by atoms with Gasteiger partial charge in [-0.1, -0.05) is 155 Å². The van der Waals surface area contributed by atoms with Gasteiger partial charge in [-0.3, -0.25) is 9.59 Å². The SMILES string of the molecule is CC(C)(Br)C(=O)OCCO.CC(C)(SC(=S)c1ccccc1)C(=O)OCCO.S=C(SSC(=S)c1ccccc1)c1ccccc1. The summed E-state index contributed by atoms with van der Waals surface area (Å²) in [6.45, 7) is 6.66. The van der Waals surface area contributed by atoms with Gasteiger partial charge in [0.25, 0.3) is 0 Å². The lowest BCUT2D eigenvalue weighted by Gasteiger charge is -2.22. The summed E-state index contributed by atoms with van der Waals surface area (Å²) in [5.41, 5.74) is 3.06. The molecule has 0 atom stereocenters. The van der Waals surface area contributed by atoms with E-state index in [9.17, 15) is 9.59 Å². The number of benzene rings is 3. The van der Waals surface area contributed by atoms with Crippen LogP contribution in [-0.4, -0.2) is 70.2 Å². The lowest BCUT2D eigenvalue weighted by Crippen LogP contribution is -2.32. The van der Waals surface area contributed by atoms with Crippen molar-refractivity contribution in [1.29, 1.82) is 0 Å². The molecular weight excluding hydrogens is 765 g/mol. The fourth-order valence-electron chi connectivity index (χ4n) is 2.85. The third-order valence-corrected chi connectivity index (χ3v) is 10.8. The molecule has 0 amide bonds. The number of ether oxygens (including phenoxy) is 2. The molecule has 0 fully saturated rings. The lowest BCUT2D eigenvalue weighted by atomic mass is 10.2. The fourth-order valence-corrected chi connectivity index (χ4v) is 7.12. The van der Waals surface area contributed by atoms with Gasteiger partial charge in [0.05, 0.1) is 25.8 Å². The number of esters is 2. The van der Waals surface area contributed by atoms with Crippen LogP contribution in [0.25, 0.3) is 0 Å². The van der Waals surface area contributed by atoms with Crippen molar-refractivity contribution in [3.8, 4) is 0 Å². The average molecular weight is 802 g/mol. The van der Waals surface area contributed by atoms with Crippen LogP contribution in [0.5, 0.6) is 0 Å². The second-order valence-corrected chi connectivity index (χ2v) is 17.7. The molecule has 0 saturated heterocycles. The molecule has 0 saturated carbocycles. The molecule has 2 N–H and O–H groups in total. The smallest absolute Gasteiger partial charge is 0.322 e. The number of alkyl halides is 1. The van der Waals surface area contributed by atoms with E-state index in [0.29, 0.717) is 4.20 Å². The molecule has 0 unspecified atom stereocenters. The van der Waals surface area contributed by atoms with Crippen molar-refractivity contribution in [3.05, 3.63) is 108 Å². The minimum absolute atomic E-state index is 0.0148. The highest BCUT2D eigenvalue weighted by atomic mass is 79.9. The van der Waals surface area contributed by atoms with Crippen LogP contribution in [0.15, 0.2) is 91.0 Å². The maximum atomic E-state index is 11.8. The molecule has 0 aliphatic rings. The Balaban J connectivity index is 0.000000361. The number of thioether (sulfide) groups is 1. The summed E-state index contributed by atoms with van der Waals surface area (Å²) in [5.74, 6) is -0.735. The summed E-state index contributed by atoms with van der Waals surface area (Å²) < 4.78 is 10.5. The third-order valence-electron chi connectivity index (χ3n) is 5.20. The van der Waals surface area contributed by atoms with Crippen molar-refractivity contribution in [1.82, 2.24) is 0 Å². The van der Waals surface area contributed by atoms with Crippen molar-refractivity contribution >= 4 is 110 Å². The van der Waals surface area contributed by atoms with Gasteiger partial charge in [-0.2, -0.15) is 0 Å². The van der Waals surface area contributed by atoms with Crippen LogP contribution in [0.3, 0.4) is 0 Å². The Morgan fingerprint density at radius 1 is 0.630 bits per heavy atom. The molecule has 3 aromatic rings. The quantitative estimate of drug-likeness (QED) is 0.0896. The van der Waals surface area contributed by atoms with E-state index >= 15 is 0 Å². The Morgan fingerprint density at radius 2 is 0.957 bits per heavy atom. The molecule has 0 aliphatic carbocycles. The molecule has 13 heteroatoms.